The Kier molecular flexibility index (Phi) is 5.38. The lowest BCUT2D eigenvalue weighted by atomic mass is 10.1. The molecule has 1 fully saturated rings. The maximum atomic E-state index is 12.2. The van der Waals surface area contributed by atoms with Gasteiger partial charge in [-0.2, -0.15) is 0 Å². The van der Waals surface area contributed by atoms with Crippen LogP contribution < -0.4 is 10.6 Å². The molecular formula is C20H19ClN2O3. The van der Waals surface area contributed by atoms with Crippen molar-refractivity contribution in [2.24, 2.45) is 11.8 Å². The zero-order valence-corrected chi connectivity index (χ0v) is 15.0. The first kappa shape index (κ1) is 18.1. The Morgan fingerprint density at radius 3 is 2.19 bits per heavy atom. The van der Waals surface area contributed by atoms with Crippen molar-refractivity contribution in [3.05, 3.63) is 64.7 Å². The quantitative estimate of drug-likeness (QED) is 0.765. The van der Waals surface area contributed by atoms with Crippen molar-refractivity contribution >= 4 is 34.9 Å². The minimum absolute atomic E-state index is 0.0255. The molecule has 0 radical (unpaired) electrons. The van der Waals surface area contributed by atoms with Crippen LogP contribution >= 0.6 is 11.6 Å². The Morgan fingerprint density at radius 1 is 0.962 bits per heavy atom. The fraction of sp³-hybridized carbons (Fsp3) is 0.250. The lowest BCUT2D eigenvalue weighted by Crippen LogP contribution is -2.27. The van der Waals surface area contributed by atoms with Gasteiger partial charge in [0.15, 0.2) is 5.78 Å². The third kappa shape index (κ3) is 4.49. The summed E-state index contributed by atoms with van der Waals surface area (Å²) in [6.45, 7) is 1.90. The topological polar surface area (TPSA) is 75.3 Å². The first-order chi connectivity index (χ1) is 12.4. The molecule has 1 aliphatic rings. The van der Waals surface area contributed by atoms with Crippen LogP contribution in [0.25, 0.3) is 0 Å². The van der Waals surface area contributed by atoms with Crippen LogP contribution in [0.1, 0.15) is 29.3 Å². The van der Waals surface area contributed by atoms with Crippen LogP contribution in [0.3, 0.4) is 0 Å². The van der Waals surface area contributed by atoms with Gasteiger partial charge in [0.1, 0.15) is 0 Å². The van der Waals surface area contributed by atoms with E-state index in [4.69, 9.17) is 11.6 Å². The van der Waals surface area contributed by atoms with Gasteiger partial charge >= 0.3 is 0 Å². The summed E-state index contributed by atoms with van der Waals surface area (Å²) in [5.74, 6) is -0.923. The number of halogens is 1. The minimum atomic E-state index is -0.312. The fourth-order valence-corrected chi connectivity index (χ4v) is 2.85. The Morgan fingerprint density at radius 2 is 1.58 bits per heavy atom. The molecule has 2 amide bonds. The highest BCUT2D eigenvalue weighted by molar-refractivity contribution is 6.30. The van der Waals surface area contributed by atoms with E-state index in [-0.39, 0.29) is 29.4 Å². The summed E-state index contributed by atoms with van der Waals surface area (Å²) in [6.07, 6.45) is 0.545. The van der Waals surface area contributed by atoms with E-state index in [1.54, 1.807) is 36.4 Å². The van der Waals surface area contributed by atoms with Gasteiger partial charge in [-0.1, -0.05) is 23.7 Å². The second kappa shape index (κ2) is 7.70. The molecule has 0 aliphatic heterocycles. The summed E-state index contributed by atoms with van der Waals surface area (Å²) in [5.41, 5.74) is 2.16. The molecule has 1 saturated carbocycles. The highest BCUT2D eigenvalue weighted by atomic mass is 35.5. The van der Waals surface area contributed by atoms with Gasteiger partial charge in [0.2, 0.25) is 11.8 Å². The van der Waals surface area contributed by atoms with Crippen molar-refractivity contribution in [2.75, 3.05) is 5.32 Å². The molecule has 0 bridgehead atoms. The van der Waals surface area contributed by atoms with E-state index in [0.29, 0.717) is 29.2 Å². The maximum absolute atomic E-state index is 12.2. The molecule has 0 aromatic heterocycles. The molecule has 1 aliphatic carbocycles. The third-order valence-electron chi connectivity index (χ3n) is 4.40. The number of carbonyl (C=O) groups is 3. The molecule has 0 heterocycles. The largest absolute Gasteiger partial charge is 0.352 e. The van der Waals surface area contributed by atoms with Crippen molar-refractivity contribution in [1.29, 1.82) is 0 Å². The summed E-state index contributed by atoms with van der Waals surface area (Å²) in [4.78, 5) is 35.7. The first-order valence-electron chi connectivity index (χ1n) is 8.38. The Labute approximate surface area is 156 Å². The van der Waals surface area contributed by atoms with E-state index in [9.17, 15) is 14.4 Å². The smallest absolute Gasteiger partial charge is 0.228 e. The molecule has 2 N–H and O–H groups in total. The summed E-state index contributed by atoms with van der Waals surface area (Å²) in [7, 11) is 0. The van der Waals surface area contributed by atoms with Gasteiger partial charge in [-0.3, -0.25) is 14.4 Å². The van der Waals surface area contributed by atoms with E-state index in [0.717, 1.165) is 5.56 Å². The number of rotatable bonds is 6. The predicted molar refractivity (Wildman–Crippen MR) is 100.0 cm³/mol. The fourth-order valence-electron chi connectivity index (χ4n) is 2.72. The number of carbonyl (C=O) groups excluding carboxylic acids is 3. The van der Waals surface area contributed by atoms with Crippen LogP contribution in [-0.4, -0.2) is 17.6 Å². The average molecular weight is 371 g/mol. The van der Waals surface area contributed by atoms with Gasteiger partial charge in [0.05, 0.1) is 11.8 Å². The highest BCUT2D eigenvalue weighted by Gasteiger charge is 2.47. The van der Waals surface area contributed by atoms with Crippen LogP contribution in [0.2, 0.25) is 5.02 Å². The van der Waals surface area contributed by atoms with E-state index in [1.807, 2.05) is 12.1 Å². The molecule has 2 atom stereocenters. The normalized spacial score (nSPS) is 18.1. The minimum Gasteiger partial charge on any atom is -0.352 e. The number of anilines is 1. The second-order valence-electron chi connectivity index (χ2n) is 6.42. The molecule has 5 nitrogen and oxygen atoms in total. The molecule has 6 heteroatoms. The molecule has 0 saturated heterocycles. The molecule has 26 heavy (non-hydrogen) atoms. The standard InChI is InChI=1S/C20H19ClN2O3/c1-12(24)14-4-8-16(9-5-14)23-20(26)18-10-17(18)19(25)22-11-13-2-6-15(21)7-3-13/h2-9,17-18H,10-11H2,1H3,(H,22,25)(H,23,26). The first-order valence-corrected chi connectivity index (χ1v) is 8.76. The van der Waals surface area contributed by atoms with Crippen molar-refractivity contribution in [1.82, 2.24) is 5.32 Å². The lowest BCUT2D eigenvalue weighted by Gasteiger charge is -2.07. The van der Waals surface area contributed by atoms with Crippen molar-refractivity contribution in [2.45, 2.75) is 19.9 Å². The monoisotopic (exact) mass is 370 g/mol. The van der Waals surface area contributed by atoms with Crippen molar-refractivity contribution in [3.63, 3.8) is 0 Å². The molecule has 0 spiro atoms. The zero-order chi connectivity index (χ0) is 18.7. The maximum Gasteiger partial charge on any atom is 0.228 e. The second-order valence-corrected chi connectivity index (χ2v) is 6.85. The van der Waals surface area contributed by atoms with E-state index in [1.165, 1.54) is 6.92 Å². The number of ketones is 1. The average Bonchev–Trinajstić information content (AvgIpc) is 3.42. The van der Waals surface area contributed by atoms with E-state index >= 15 is 0 Å². The predicted octanol–water partition coefficient (Wildman–Crippen LogP) is 3.43. The van der Waals surface area contributed by atoms with E-state index < -0.39 is 0 Å². The zero-order valence-electron chi connectivity index (χ0n) is 14.3. The van der Waals surface area contributed by atoms with Crippen LogP contribution in [0, 0.1) is 11.8 Å². The Balaban J connectivity index is 1.47. The number of hydrogen-bond acceptors (Lipinski definition) is 3. The van der Waals surface area contributed by atoms with Crippen molar-refractivity contribution < 1.29 is 14.4 Å². The lowest BCUT2D eigenvalue weighted by molar-refractivity contribution is -0.125. The van der Waals surface area contributed by atoms with Gasteiger partial charge in [0, 0.05) is 22.8 Å². The van der Waals surface area contributed by atoms with E-state index in [2.05, 4.69) is 10.6 Å². The molecule has 2 unspecified atom stereocenters. The number of amides is 2. The van der Waals surface area contributed by atoms with Crippen LogP contribution in [0.4, 0.5) is 5.69 Å². The van der Waals surface area contributed by atoms with Gasteiger partial charge in [-0.25, -0.2) is 0 Å². The van der Waals surface area contributed by atoms with Crippen LogP contribution in [0.15, 0.2) is 48.5 Å². The summed E-state index contributed by atoms with van der Waals surface area (Å²) >= 11 is 5.83. The van der Waals surface area contributed by atoms with Crippen LogP contribution in [-0.2, 0) is 16.1 Å². The number of benzene rings is 2. The number of hydrogen-bond donors (Lipinski definition) is 2. The number of Topliss-reactive ketones (excluding diaryl/α,β-unsaturated/α-hetero) is 1. The van der Waals surface area contributed by atoms with Crippen LogP contribution in [0.5, 0.6) is 0 Å². The van der Waals surface area contributed by atoms with Crippen molar-refractivity contribution in [3.8, 4) is 0 Å². The third-order valence-corrected chi connectivity index (χ3v) is 4.65. The van der Waals surface area contributed by atoms with Gasteiger partial charge < -0.3 is 10.6 Å². The highest BCUT2D eigenvalue weighted by Crippen LogP contribution is 2.39. The molecule has 134 valence electrons. The number of nitrogens with one attached hydrogen (secondary N) is 2. The molecular weight excluding hydrogens is 352 g/mol. The van der Waals surface area contributed by atoms with Gasteiger partial charge in [0.25, 0.3) is 0 Å². The molecule has 2 aromatic rings. The summed E-state index contributed by atoms with van der Waals surface area (Å²) in [6, 6.07) is 14.0. The Hall–Kier alpha value is -2.66. The molecule has 2 aromatic carbocycles. The summed E-state index contributed by atoms with van der Waals surface area (Å²) < 4.78 is 0. The summed E-state index contributed by atoms with van der Waals surface area (Å²) in [5, 5.41) is 6.29. The Bertz CT molecular complexity index is 831. The SMILES string of the molecule is CC(=O)c1ccc(NC(=O)C2CC2C(=O)NCc2ccc(Cl)cc2)cc1. The molecule has 3 rings (SSSR count). The van der Waals surface area contributed by atoms with Gasteiger partial charge in [-0.15, -0.1) is 0 Å². The van der Waals surface area contributed by atoms with Gasteiger partial charge in [-0.05, 0) is 55.3 Å².